The van der Waals surface area contributed by atoms with Crippen LogP contribution in [0.2, 0.25) is 0 Å². The van der Waals surface area contributed by atoms with Crippen molar-refractivity contribution >= 4 is 27.7 Å². The second-order valence-electron chi connectivity index (χ2n) is 6.78. The number of imide groups is 1. The molecule has 0 unspecified atom stereocenters. The highest BCUT2D eigenvalue weighted by atomic mass is 32.2. The first-order valence-electron chi connectivity index (χ1n) is 8.84. The van der Waals surface area contributed by atoms with E-state index < -0.39 is 10.0 Å². The van der Waals surface area contributed by atoms with Gasteiger partial charge in [0.05, 0.1) is 11.4 Å². The summed E-state index contributed by atoms with van der Waals surface area (Å²) in [5, 5.41) is 6.63. The molecule has 3 heterocycles. The van der Waals surface area contributed by atoms with Crippen molar-refractivity contribution in [3.63, 3.8) is 0 Å². The van der Waals surface area contributed by atoms with Crippen molar-refractivity contribution in [1.82, 2.24) is 24.3 Å². The Morgan fingerprint density at radius 3 is 2.33 bits per heavy atom. The number of likely N-dealkylation sites (tertiary alicyclic amines) is 1. The molecule has 3 rings (SSSR count). The van der Waals surface area contributed by atoms with E-state index in [0.29, 0.717) is 24.4 Å². The fourth-order valence-electron chi connectivity index (χ4n) is 3.47. The van der Waals surface area contributed by atoms with Crippen LogP contribution in [0.5, 0.6) is 0 Å². The van der Waals surface area contributed by atoms with Gasteiger partial charge in [0.1, 0.15) is 11.4 Å². The molecular weight excluding hydrogens is 374 g/mol. The number of nitrogens with zero attached hydrogens (tertiary/aromatic N) is 4. The topological polar surface area (TPSA) is 124 Å². The van der Waals surface area contributed by atoms with E-state index >= 15 is 0 Å². The van der Waals surface area contributed by atoms with Crippen molar-refractivity contribution in [2.75, 3.05) is 32.7 Å². The second-order valence-corrected chi connectivity index (χ2v) is 8.65. The number of nitrogens with one attached hydrogen (secondary N) is 1. The molecule has 11 heteroatoms. The Hall–Kier alpha value is -2.27. The van der Waals surface area contributed by atoms with Gasteiger partial charge in [0.15, 0.2) is 0 Å². The minimum Gasteiger partial charge on any atom is -0.340 e. The molecule has 0 radical (unpaired) electrons. The SMILES string of the molecule is Cc1n[nH]c(C)c1S(=O)(=O)N1CCCN(C(=O)CN2C(=O)CCC2=O)CC1. The number of sulfonamides is 1. The third-order valence-corrected chi connectivity index (χ3v) is 7.08. The molecule has 1 aromatic heterocycles. The fourth-order valence-corrected chi connectivity index (χ4v) is 5.27. The zero-order valence-electron chi connectivity index (χ0n) is 15.4. The number of aryl methyl sites for hydroxylation is 2. The van der Waals surface area contributed by atoms with Gasteiger partial charge in [0.25, 0.3) is 0 Å². The standard InChI is InChI=1S/C16H23N5O5S/c1-11-16(12(2)18-17-11)27(25,26)20-7-3-6-19(8-9-20)15(24)10-21-13(22)4-5-14(21)23/h3-10H2,1-2H3,(H,17,18). The summed E-state index contributed by atoms with van der Waals surface area (Å²) in [6.07, 6.45) is 0.756. The lowest BCUT2D eigenvalue weighted by Crippen LogP contribution is -2.44. The van der Waals surface area contributed by atoms with E-state index in [1.54, 1.807) is 13.8 Å². The molecule has 1 aromatic rings. The number of carbonyl (C=O) groups is 3. The van der Waals surface area contributed by atoms with Gasteiger partial charge in [0, 0.05) is 39.0 Å². The molecule has 148 valence electrons. The third kappa shape index (κ3) is 3.74. The predicted molar refractivity (Wildman–Crippen MR) is 94.0 cm³/mol. The summed E-state index contributed by atoms with van der Waals surface area (Å²) in [7, 11) is -3.71. The quantitative estimate of drug-likeness (QED) is 0.677. The van der Waals surface area contributed by atoms with Gasteiger partial charge in [-0.15, -0.1) is 0 Å². The van der Waals surface area contributed by atoms with E-state index in [9.17, 15) is 22.8 Å². The van der Waals surface area contributed by atoms with Crippen LogP contribution in [0.25, 0.3) is 0 Å². The van der Waals surface area contributed by atoms with Gasteiger partial charge in [-0.1, -0.05) is 0 Å². The van der Waals surface area contributed by atoms with Gasteiger partial charge in [-0.05, 0) is 20.3 Å². The van der Waals surface area contributed by atoms with Crippen LogP contribution < -0.4 is 0 Å². The number of hydrogen-bond acceptors (Lipinski definition) is 6. The maximum atomic E-state index is 12.9. The summed E-state index contributed by atoms with van der Waals surface area (Å²) in [4.78, 5) is 38.5. The number of aromatic nitrogens is 2. The van der Waals surface area contributed by atoms with E-state index in [0.717, 1.165) is 4.90 Å². The lowest BCUT2D eigenvalue weighted by atomic mass is 10.3. The van der Waals surface area contributed by atoms with Crippen LogP contribution in [-0.2, 0) is 24.4 Å². The average Bonchev–Trinajstić information content (AvgIpc) is 2.99. The van der Waals surface area contributed by atoms with Gasteiger partial charge in [0.2, 0.25) is 27.7 Å². The van der Waals surface area contributed by atoms with Gasteiger partial charge in [-0.3, -0.25) is 24.4 Å². The Bertz CT molecular complexity index is 842. The van der Waals surface area contributed by atoms with Crippen molar-refractivity contribution < 1.29 is 22.8 Å². The Labute approximate surface area is 157 Å². The Morgan fingerprint density at radius 2 is 1.74 bits per heavy atom. The normalized spacial score (nSPS) is 19.6. The minimum absolute atomic E-state index is 0.140. The Morgan fingerprint density at radius 1 is 1.07 bits per heavy atom. The predicted octanol–water partition coefficient (Wildman–Crippen LogP) is -0.601. The van der Waals surface area contributed by atoms with Gasteiger partial charge >= 0.3 is 0 Å². The van der Waals surface area contributed by atoms with Crippen LogP contribution in [-0.4, -0.2) is 83.2 Å². The smallest absolute Gasteiger partial charge is 0.246 e. The highest BCUT2D eigenvalue weighted by Gasteiger charge is 2.34. The number of aromatic amines is 1. The summed E-state index contributed by atoms with van der Waals surface area (Å²) in [6.45, 7) is 4.05. The number of amides is 3. The number of rotatable bonds is 4. The van der Waals surface area contributed by atoms with Crippen molar-refractivity contribution in [1.29, 1.82) is 0 Å². The zero-order chi connectivity index (χ0) is 19.8. The van der Waals surface area contributed by atoms with Crippen LogP contribution in [0.3, 0.4) is 0 Å². The summed E-state index contributed by atoms with van der Waals surface area (Å²) in [5.74, 6) is -1.01. The summed E-state index contributed by atoms with van der Waals surface area (Å²) in [5.41, 5.74) is 0.895. The molecule has 3 amide bonds. The lowest BCUT2D eigenvalue weighted by molar-refractivity contribution is -0.145. The van der Waals surface area contributed by atoms with Crippen LogP contribution in [0.1, 0.15) is 30.7 Å². The fraction of sp³-hybridized carbons (Fsp3) is 0.625. The molecule has 0 aromatic carbocycles. The highest BCUT2D eigenvalue weighted by molar-refractivity contribution is 7.89. The number of carbonyl (C=O) groups excluding carboxylic acids is 3. The first-order chi connectivity index (χ1) is 12.7. The van der Waals surface area contributed by atoms with Gasteiger partial charge in [-0.25, -0.2) is 8.42 Å². The van der Waals surface area contributed by atoms with Crippen LogP contribution in [0, 0.1) is 13.8 Å². The van der Waals surface area contributed by atoms with Crippen molar-refractivity contribution in [3.8, 4) is 0 Å². The molecule has 0 saturated carbocycles. The van der Waals surface area contributed by atoms with E-state index in [1.807, 2.05) is 0 Å². The minimum atomic E-state index is -3.71. The Balaban J connectivity index is 1.68. The molecule has 2 aliphatic heterocycles. The largest absolute Gasteiger partial charge is 0.340 e. The van der Waals surface area contributed by atoms with Crippen LogP contribution in [0.15, 0.2) is 4.90 Å². The molecule has 2 aliphatic rings. The summed E-state index contributed by atoms with van der Waals surface area (Å²) >= 11 is 0. The Kier molecular flexibility index (Phi) is 5.33. The monoisotopic (exact) mass is 397 g/mol. The molecule has 0 bridgehead atoms. The lowest BCUT2D eigenvalue weighted by Gasteiger charge is -2.23. The molecule has 1 N–H and O–H groups in total. The maximum Gasteiger partial charge on any atom is 0.246 e. The highest BCUT2D eigenvalue weighted by Crippen LogP contribution is 2.23. The summed E-state index contributed by atoms with van der Waals surface area (Å²) < 4.78 is 27.3. The molecule has 0 spiro atoms. The van der Waals surface area contributed by atoms with Gasteiger partial charge in [-0.2, -0.15) is 9.40 Å². The first-order valence-corrected chi connectivity index (χ1v) is 10.3. The molecule has 27 heavy (non-hydrogen) atoms. The van der Waals surface area contributed by atoms with Crippen LogP contribution in [0.4, 0.5) is 0 Å². The second kappa shape index (κ2) is 7.39. The molecule has 2 fully saturated rings. The maximum absolute atomic E-state index is 12.9. The van der Waals surface area contributed by atoms with E-state index in [2.05, 4.69) is 10.2 Å². The molecule has 2 saturated heterocycles. The van der Waals surface area contributed by atoms with E-state index in [-0.39, 0.29) is 61.6 Å². The van der Waals surface area contributed by atoms with Crippen molar-refractivity contribution in [2.45, 2.75) is 38.0 Å². The van der Waals surface area contributed by atoms with E-state index in [4.69, 9.17) is 0 Å². The van der Waals surface area contributed by atoms with Crippen LogP contribution >= 0.6 is 0 Å². The molecule has 10 nitrogen and oxygen atoms in total. The number of hydrogen-bond donors (Lipinski definition) is 1. The number of H-pyrrole nitrogens is 1. The molecule has 0 aliphatic carbocycles. The third-order valence-electron chi connectivity index (χ3n) is 4.91. The molecular formula is C16H23N5O5S. The van der Waals surface area contributed by atoms with Crippen molar-refractivity contribution in [3.05, 3.63) is 11.4 Å². The molecule has 0 atom stereocenters. The first kappa shape index (κ1) is 19.5. The van der Waals surface area contributed by atoms with E-state index in [1.165, 1.54) is 9.21 Å². The van der Waals surface area contributed by atoms with Crippen molar-refractivity contribution in [2.24, 2.45) is 0 Å². The summed E-state index contributed by atoms with van der Waals surface area (Å²) in [6, 6.07) is 0. The average molecular weight is 397 g/mol. The zero-order valence-corrected chi connectivity index (χ0v) is 16.2. The van der Waals surface area contributed by atoms with Gasteiger partial charge < -0.3 is 4.90 Å².